The van der Waals surface area contributed by atoms with E-state index in [2.05, 4.69) is 5.16 Å². The Balaban J connectivity index is 2.13. The zero-order valence-corrected chi connectivity index (χ0v) is 10.7. The number of ketones is 1. The van der Waals surface area contributed by atoms with E-state index < -0.39 is 0 Å². The molecule has 3 nitrogen and oxygen atoms in total. The number of hydrogen-bond acceptors (Lipinski definition) is 3. The van der Waals surface area contributed by atoms with Crippen LogP contribution in [-0.4, -0.2) is 16.7 Å². The van der Waals surface area contributed by atoms with Crippen LogP contribution in [0.5, 0.6) is 0 Å². The number of benzene rings is 2. The molecule has 2 aromatic rings. The van der Waals surface area contributed by atoms with E-state index in [1.54, 1.807) is 6.08 Å². The lowest BCUT2D eigenvalue weighted by molar-refractivity contribution is -0.108. The highest BCUT2D eigenvalue weighted by molar-refractivity contribution is 6.52. The predicted molar refractivity (Wildman–Crippen MR) is 77.8 cm³/mol. The summed E-state index contributed by atoms with van der Waals surface area (Å²) < 4.78 is 0. The van der Waals surface area contributed by atoms with E-state index in [4.69, 9.17) is 5.21 Å². The fourth-order valence-electron chi connectivity index (χ4n) is 2.56. The molecule has 0 amide bonds. The lowest BCUT2D eigenvalue weighted by atomic mass is 9.87. The van der Waals surface area contributed by atoms with Crippen LogP contribution in [0, 0.1) is 0 Å². The van der Waals surface area contributed by atoms with E-state index in [-0.39, 0.29) is 17.4 Å². The number of allylic oxidation sites excluding steroid dienone is 2. The second kappa shape index (κ2) is 5.13. The van der Waals surface area contributed by atoms with Gasteiger partial charge >= 0.3 is 0 Å². The van der Waals surface area contributed by atoms with Gasteiger partial charge in [0.05, 0.1) is 5.92 Å². The summed E-state index contributed by atoms with van der Waals surface area (Å²) in [7, 11) is 0. The third-order valence-corrected chi connectivity index (χ3v) is 3.47. The monoisotopic (exact) mass is 263 g/mol. The van der Waals surface area contributed by atoms with Crippen molar-refractivity contribution in [2.75, 3.05) is 0 Å². The molecule has 0 fully saturated rings. The Morgan fingerprint density at radius 3 is 2.10 bits per heavy atom. The van der Waals surface area contributed by atoms with Crippen LogP contribution in [-0.2, 0) is 4.79 Å². The van der Waals surface area contributed by atoms with Gasteiger partial charge in [-0.3, -0.25) is 4.79 Å². The summed E-state index contributed by atoms with van der Waals surface area (Å²) in [4.78, 5) is 12.0. The number of carbonyl (C=O) groups is 1. The smallest absolute Gasteiger partial charge is 0.204 e. The molecule has 0 unspecified atom stereocenters. The molecule has 98 valence electrons. The van der Waals surface area contributed by atoms with Crippen LogP contribution < -0.4 is 0 Å². The molecule has 0 heterocycles. The largest absolute Gasteiger partial charge is 0.411 e. The zero-order chi connectivity index (χ0) is 13.9. The molecule has 0 saturated carbocycles. The SMILES string of the molecule is O=C1C=C(c2ccccc2)[C@@H](c2ccccc2)/C1=N\O. The van der Waals surface area contributed by atoms with E-state index >= 15 is 0 Å². The van der Waals surface area contributed by atoms with Crippen molar-refractivity contribution in [1.82, 2.24) is 0 Å². The van der Waals surface area contributed by atoms with Gasteiger partial charge in [0.1, 0.15) is 5.71 Å². The van der Waals surface area contributed by atoms with Crippen molar-refractivity contribution in [1.29, 1.82) is 0 Å². The van der Waals surface area contributed by atoms with Gasteiger partial charge in [-0.2, -0.15) is 0 Å². The Kier molecular flexibility index (Phi) is 3.17. The highest BCUT2D eigenvalue weighted by atomic mass is 16.4. The topological polar surface area (TPSA) is 49.7 Å². The second-order valence-corrected chi connectivity index (χ2v) is 4.66. The van der Waals surface area contributed by atoms with Gasteiger partial charge in [-0.1, -0.05) is 65.8 Å². The van der Waals surface area contributed by atoms with Gasteiger partial charge in [-0.05, 0) is 22.8 Å². The van der Waals surface area contributed by atoms with Gasteiger partial charge in [0, 0.05) is 0 Å². The summed E-state index contributed by atoms with van der Waals surface area (Å²) in [5.41, 5.74) is 2.96. The predicted octanol–water partition coefficient (Wildman–Crippen LogP) is 3.27. The van der Waals surface area contributed by atoms with Gasteiger partial charge in [0.25, 0.3) is 0 Å². The number of nitrogens with zero attached hydrogens (tertiary/aromatic N) is 1. The molecule has 20 heavy (non-hydrogen) atoms. The second-order valence-electron chi connectivity index (χ2n) is 4.66. The molecule has 3 heteroatoms. The van der Waals surface area contributed by atoms with Crippen LogP contribution in [0.1, 0.15) is 17.0 Å². The first-order chi connectivity index (χ1) is 9.81. The van der Waals surface area contributed by atoms with Crippen LogP contribution in [0.25, 0.3) is 5.57 Å². The fourth-order valence-corrected chi connectivity index (χ4v) is 2.56. The Labute approximate surface area is 116 Å². The summed E-state index contributed by atoms with van der Waals surface area (Å²) in [6, 6.07) is 19.3. The van der Waals surface area contributed by atoms with Crippen molar-refractivity contribution >= 4 is 17.1 Å². The standard InChI is InChI=1S/C17H13NO2/c19-15-11-14(12-7-3-1-4-8-12)16(17(15)18-20)13-9-5-2-6-10-13/h1-11,16,20H/b18-17-/t16-/m1/s1. The maximum atomic E-state index is 12.0. The highest BCUT2D eigenvalue weighted by Gasteiger charge is 2.34. The third kappa shape index (κ3) is 2.03. The van der Waals surface area contributed by atoms with Crippen LogP contribution >= 0.6 is 0 Å². The molecule has 3 rings (SSSR count). The van der Waals surface area contributed by atoms with Crippen LogP contribution in [0.15, 0.2) is 71.9 Å². The molecule has 0 aromatic heterocycles. The molecule has 1 aliphatic carbocycles. The summed E-state index contributed by atoms with van der Waals surface area (Å²) >= 11 is 0. The summed E-state index contributed by atoms with van der Waals surface area (Å²) in [6.45, 7) is 0. The molecule has 1 aliphatic rings. The molecule has 0 aliphatic heterocycles. The fraction of sp³-hybridized carbons (Fsp3) is 0.0588. The Bertz CT molecular complexity index is 687. The maximum Gasteiger partial charge on any atom is 0.204 e. The van der Waals surface area contributed by atoms with E-state index in [9.17, 15) is 4.79 Å². The number of hydrogen-bond donors (Lipinski definition) is 1. The van der Waals surface area contributed by atoms with E-state index in [1.807, 2.05) is 60.7 Å². The summed E-state index contributed by atoms with van der Waals surface area (Å²) in [5, 5.41) is 12.4. The molecule has 2 aromatic carbocycles. The molecule has 0 bridgehead atoms. The van der Waals surface area contributed by atoms with E-state index in [0.717, 1.165) is 16.7 Å². The van der Waals surface area contributed by atoms with Crippen molar-refractivity contribution in [3.8, 4) is 0 Å². The zero-order valence-electron chi connectivity index (χ0n) is 10.7. The van der Waals surface area contributed by atoms with Crippen molar-refractivity contribution in [3.05, 3.63) is 77.9 Å². The first kappa shape index (κ1) is 12.4. The van der Waals surface area contributed by atoms with Crippen LogP contribution in [0.2, 0.25) is 0 Å². The quantitative estimate of drug-likeness (QED) is 0.667. The maximum absolute atomic E-state index is 12.0. The Hall–Kier alpha value is -2.68. The average molecular weight is 263 g/mol. The lowest BCUT2D eigenvalue weighted by Crippen LogP contribution is -2.15. The average Bonchev–Trinajstić information content (AvgIpc) is 2.85. The first-order valence-corrected chi connectivity index (χ1v) is 6.39. The first-order valence-electron chi connectivity index (χ1n) is 6.39. The van der Waals surface area contributed by atoms with Crippen molar-refractivity contribution in [2.45, 2.75) is 5.92 Å². The molecule has 0 spiro atoms. The number of oxime groups is 1. The molecular formula is C17H13NO2. The van der Waals surface area contributed by atoms with Crippen molar-refractivity contribution in [3.63, 3.8) is 0 Å². The Morgan fingerprint density at radius 1 is 0.900 bits per heavy atom. The van der Waals surface area contributed by atoms with Crippen molar-refractivity contribution < 1.29 is 10.0 Å². The van der Waals surface area contributed by atoms with Gasteiger partial charge in [-0.15, -0.1) is 0 Å². The molecular weight excluding hydrogens is 250 g/mol. The van der Waals surface area contributed by atoms with Gasteiger partial charge < -0.3 is 5.21 Å². The minimum atomic E-state index is -0.309. The van der Waals surface area contributed by atoms with Crippen LogP contribution in [0.4, 0.5) is 0 Å². The molecule has 1 N–H and O–H groups in total. The number of rotatable bonds is 2. The van der Waals surface area contributed by atoms with Crippen molar-refractivity contribution in [2.24, 2.45) is 5.16 Å². The lowest BCUT2D eigenvalue weighted by Gasteiger charge is -2.15. The van der Waals surface area contributed by atoms with E-state index in [0.29, 0.717) is 0 Å². The number of carbonyl (C=O) groups excluding carboxylic acids is 1. The van der Waals surface area contributed by atoms with Gasteiger partial charge in [-0.25, -0.2) is 0 Å². The van der Waals surface area contributed by atoms with E-state index in [1.165, 1.54) is 0 Å². The summed E-state index contributed by atoms with van der Waals surface area (Å²) in [5.74, 6) is -0.545. The molecule has 0 radical (unpaired) electrons. The minimum absolute atomic E-state index is 0.176. The Morgan fingerprint density at radius 2 is 1.50 bits per heavy atom. The van der Waals surface area contributed by atoms with Gasteiger partial charge in [0.2, 0.25) is 5.78 Å². The normalized spacial score (nSPS) is 20.2. The summed E-state index contributed by atoms with van der Waals surface area (Å²) in [6.07, 6.45) is 1.56. The highest BCUT2D eigenvalue weighted by Crippen LogP contribution is 2.38. The molecule has 1 atom stereocenters. The third-order valence-electron chi connectivity index (χ3n) is 3.47. The minimum Gasteiger partial charge on any atom is -0.411 e. The van der Waals surface area contributed by atoms with Crippen LogP contribution in [0.3, 0.4) is 0 Å². The molecule has 0 saturated heterocycles. The van der Waals surface area contributed by atoms with Gasteiger partial charge in [0.15, 0.2) is 0 Å².